The van der Waals surface area contributed by atoms with Crippen molar-refractivity contribution >= 4 is 15.9 Å². The molecule has 0 aliphatic carbocycles. The highest BCUT2D eigenvalue weighted by Gasteiger charge is 2.32. The van der Waals surface area contributed by atoms with Gasteiger partial charge < -0.3 is 5.32 Å². The molecular formula is C16H20F3N3O3S. The van der Waals surface area contributed by atoms with Gasteiger partial charge in [-0.25, -0.2) is 8.42 Å². The molecule has 2 rings (SSSR count). The summed E-state index contributed by atoms with van der Waals surface area (Å²) in [7, 11) is -3.86. The van der Waals surface area contributed by atoms with E-state index in [2.05, 4.69) is 11.9 Å². The van der Waals surface area contributed by atoms with Crippen molar-refractivity contribution in [1.82, 2.24) is 14.5 Å². The molecule has 0 bridgehead atoms. The predicted molar refractivity (Wildman–Crippen MR) is 89.8 cm³/mol. The number of carbonyl (C=O) groups excluding carboxylic acids is 1. The molecular weight excluding hydrogens is 371 g/mol. The summed E-state index contributed by atoms with van der Waals surface area (Å²) >= 11 is 0. The fourth-order valence-corrected chi connectivity index (χ4v) is 3.96. The first-order valence-electron chi connectivity index (χ1n) is 7.92. The highest BCUT2D eigenvalue weighted by molar-refractivity contribution is 7.89. The lowest BCUT2D eigenvalue weighted by molar-refractivity contribution is -0.137. The van der Waals surface area contributed by atoms with Gasteiger partial charge in [0.05, 0.1) is 17.0 Å². The number of piperazine rings is 1. The van der Waals surface area contributed by atoms with Gasteiger partial charge in [-0.05, 0) is 24.3 Å². The molecule has 0 atom stereocenters. The standard InChI is InChI=1S/C16H20F3N3O3S/c1-2-7-20-15(23)12-21-8-10-22(11-9-21)26(24,25)14-5-3-13(4-6-14)16(17,18)19/h2-6H,1,7-12H2,(H,20,23). The van der Waals surface area contributed by atoms with Crippen LogP contribution in [0.15, 0.2) is 41.8 Å². The van der Waals surface area contributed by atoms with Gasteiger partial charge in [0.1, 0.15) is 0 Å². The zero-order chi connectivity index (χ0) is 19.4. The predicted octanol–water partition coefficient (Wildman–Crippen LogP) is 1.31. The van der Waals surface area contributed by atoms with Crippen LogP contribution in [0.2, 0.25) is 0 Å². The minimum absolute atomic E-state index is 0.155. The summed E-state index contributed by atoms with van der Waals surface area (Å²) in [6, 6.07) is 3.45. The van der Waals surface area contributed by atoms with Gasteiger partial charge in [-0.3, -0.25) is 9.69 Å². The molecule has 0 spiro atoms. The molecule has 1 aromatic rings. The largest absolute Gasteiger partial charge is 0.416 e. The molecule has 1 fully saturated rings. The van der Waals surface area contributed by atoms with Gasteiger partial charge in [-0.15, -0.1) is 6.58 Å². The number of halogens is 3. The van der Waals surface area contributed by atoms with E-state index in [0.29, 0.717) is 19.6 Å². The van der Waals surface area contributed by atoms with Crippen LogP contribution in [0.3, 0.4) is 0 Å². The van der Waals surface area contributed by atoms with E-state index in [1.807, 2.05) is 4.90 Å². The number of benzene rings is 1. The molecule has 1 N–H and O–H groups in total. The van der Waals surface area contributed by atoms with Crippen LogP contribution in [-0.2, 0) is 21.0 Å². The van der Waals surface area contributed by atoms with Crippen LogP contribution in [0, 0.1) is 0 Å². The highest BCUT2D eigenvalue weighted by Crippen LogP contribution is 2.30. The monoisotopic (exact) mass is 391 g/mol. The highest BCUT2D eigenvalue weighted by atomic mass is 32.2. The number of carbonyl (C=O) groups is 1. The van der Waals surface area contributed by atoms with Crippen LogP contribution in [0.4, 0.5) is 13.2 Å². The molecule has 1 saturated heterocycles. The molecule has 0 radical (unpaired) electrons. The van der Waals surface area contributed by atoms with Crippen molar-refractivity contribution in [2.24, 2.45) is 0 Å². The minimum atomic E-state index is -4.51. The van der Waals surface area contributed by atoms with Gasteiger partial charge in [-0.2, -0.15) is 17.5 Å². The molecule has 1 amide bonds. The van der Waals surface area contributed by atoms with Crippen LogP contribution >= 0.6 is 0 Å². The maximum Gasteiger partial charge on any atom is 0.416 e. The van der Waals surface area contributed by atoms with Crippen molar-refractivity contribution in [2.45, 2.75) is 11.1 Å². The van der Waals surface area contributed by atoms with E-state index in [1.54, 1.807) is 6.08 Å². The number of rotatable bonds is 6. The number of amides is 1. The first-order chi connectivity index (χ1) is 12.1. The summed E-state index contributed by atoms with van der Waals surface area (Å²) in [5.41, 5.74) is -0.896. The van der Waals surface area contributed by atoms with Gasteiger partial charge >= 0.3 is 6.18 Å². The number of hydrogen-bond donors (Lipinski definition) is 1. The van der Waals surface area contributed by atoms with Crippen molar-refractivity contribution in [1.29, 1.82) is 0 Å². The second kappa shape index (κ2) is 8.19. The molecule has 6 nitrogen and oxygen atoms in total. The van der Waals surface area contributed by atoms with Gasteiger partial charge in [0.2, 0.25) is 15.9 Å². The van der Waals surface area contributed by atoms with Gasteiger partial charge in [0, 0.05) is 32.7 Å². The normalized spacial score (nSPS) is 17.0. The Morgan fingerprint density at radius 3 is 2.23 bits per heavy atom. The molecule has 0 aromatic heterocycles. The number of sulfonamides is 1. The zero-order valence-electron chi connectivity index (χ0n) is 14.0. The van der Waals surface area contributed by atoms with Crippen molar-refractivity contribution in [3.05, 3.63) is 42.5 Å². The lowest BCUT2D eigenvalue weighted by Crippen LogP contribution is -2.51. The third-order valence-corrected chi connectivity index (χ3v) is 5.87. The molecule has 0 unspecified atom stereocenters. The van der Waals surface area contributed by atoms with E-state index in [0.717, 1.165) is 24.3 Å². The Morgan fingerprint density at radius 2 is 1.73 bits per heavy atom. The smallest absolute Gasteiger partial charge is 0.352 e. The SMILES string of the molecule is C=CCNC(=O)CN1CCN(S(=O)(=O)c2ccc(C(F)(F)F)cc2)CC1. The van der Waals surface area contributed by atoms with Crippen LogP contribution in [0.1, 0.15) is 5.56 Å². The Kier molecular flexibility index (Phi) is 6.43. The van der Waals surface area contributed by atoms with Crippen molar-refractivity contribution < 1.29 is 26.4 Å². The third kappa shape index (κ3) is 5.05. The third-order valence-electron chi connectivity index (χ3n) is 3.96. The fourth-order valence-electron chi connectivity index (χ4n) is 2.54. The molecule has 1 heterocycles. The van der Waals surface area contributed by atoms with Crippen LogP contribution in [0.25, 0.3) is 0 Å². The first kappa shape index (κ1) is 20.4. The maximum absolute atomic E-state index is 12.6. The lowest BCUT2D eigenvalue weighted by Gasteiger charge is -2.33. The van der Waals surface area contributed by atoms with Gasteiger partial charge in [0.25, 0.3) is 0 Å². The number of hydrogen-bond acceptors (Lipinski definition) is 4. The Labute approximate surface area is 150 Å². The van der Waals surface area contributed by atoms with E-state index in [-0.39, 0.29) is 30.4 Å². The van der Waals surface area contributed by atoms with E-state index >= 15 is 0 Å². The quantitative estimate of drug-likeness (QED) is 0.743. The summed E-state index contributed by atoms with van der Waals surface area (Å²) in [4.78, 5) is 13.3. The molecule has 0 saturated carbocycles. The summed E-state index contributed by atoms with van der Waals surface area (Å²) in [5.74, 6) is -0.177. The minimum Gasteiger partial charge on any atom is -0.352 e. The van der Waals surface area contributed by atoms with Crippen LogP contribution in [0.5, 0.6) is 0 Å². The fraction of sp³-hybridized carbons (Fsp3) is 0.438. The number of nitrogens with one attached hydrogen (secondary N) is 1. The average Bonchev–Trinajstić information content (AvgIpc) is 2.60. The van der Waals surface area contributed by atoms with E-state index in [1.165, 1.54) is 4.31 Å². The molecule has 1 aliphatic rings. The topological polar surface area (TPSA) is 69.7 Å². The molecule has 144 valence electrons. The number of nitrogens with zero attached hydrogens (tertiary/aromatic N) is 2. The second-order valence-electron chi connectivity index (χ2n) is 5.80. The summed E-state index contributed by atoms with van der Waals surface area (Å²) < 4.78 is 64.1. The molecule has 10 heteroatoms. The maximum atomic E-state index is 12.6. The second-order valence-corrected chi connectivity index (χ2v) is 7.73. The van der Waals surface area contributed by atoms with E-state index < -0.39 is 21.8 Å². The molecule has 1 aliphatic heterocycles. The van der Waals surface area contributed by atoms with Crippen molar-refractivity contribution in [2.75, 3.05) is 39.3 Å². The number of alkyl halides is 3. The summed E-state index contributed by atoms with van der Waals surface area (Å²) in [6.45, 7) is 5.07. The zero-order valence-corrected chi connectivity index (χ0v) is 14.8. The Balaban J connectivity index is 1.97. The van der Waals surface area contributed by atoms with E-state index in [4.69, 9.17) is 0 Å². The van der Waals surface area contributed by atoms with Gasteiger partial charge in [-0.1, -0.05) is 6.08 Å². The van der Waals surface area contributed by atoms with Gasteiger partial charge in [0.15, 0.2) is 0 Å². The van der Waals surface area contributed by atoms with Crippen molar-refractivity contribution in [3.8, 4) is 0 Å². The summed E-state index contributed by atoms with van der Waals surface area (Å²) in [5, 5.41) is 2.64. The Bertz CT molecular complexity index is 740. The molecule has 26 heavy (non-hydrogen) atoms. The van der Waals surface area contributed by atoms with Crippen molar-refractivity contribution in [3.63, 3.8) is 0 Å². The van der Waals surface area contributed by atoms with Crippen LogP contribution < -0.4 is 5.32 Å². The first-order valence-corrected chi connectivity index (χ1v) is 9.36. The van der Waals surface area contributed by atoms with E-state index in [9.17, 15) is 26.4 Å². The lowest BCUT2D eigenvalue weighted by atomic mass is 10.2. The average molecular weight is 391 g/mol. The summed E-state index contributed by atoms with van der Waals surface area (Å²) in [6.07, 6.45) is -2.95. The van der Waals surface area contributed by atoms with Crippen LogP contribution in [-0.4, -0.2) is 62.8 Å². The Morgan fingerprint density at radius 1 is 1.15 bits per heavy atom. The Hall–Kier alpha value is -1.91. The molecule has 1 aromatic carbocycles.